The number of nitrogens with zero attached hydrogens (tertiary/aromatic N) is 3. The summed E-state index contributed by atoms with van der Waals surface area (Å²) in [6.45, 7) is 5.90. The van der Waals surface area contributed by atoms with Gasteiger partial charge in [-0.2, -0.15) is 15.0 Å². The number of anilines is 2. The molecule has 0 unspecified atom stereocenters. The first-order valence-corrected chi connectivity index (χ1v) is 6.89. The molecule has 0 aliphatic carbocycles. The SMILES string of the molecule is CCc1cccc(Nc2nc(Cl)nc(OC(C)C)n2)c1. The van der Waals surface area contributed by atoms with Crippen LogP contribution in [0.4, 0.5) is 11.6 Å². The number of benzene rings is 1. The van der Waals surface area contributed by atoms with Gasteiger partial charge in [-0.05, 0) is 49.6 Å². The number of halogens is 1. The number of aryl methyl sites for hydroxylation is 1. The topological polar surface area (TPSA) is 59.9 Å². The summed E-state index contributed by atoms with van der Waals surface area (Å²) in [5, 5.41) is 3.21. The van der Waals surface area contributed by atoms with Crippen molar-refractivity contribution in [1.82, 2.24) is 15.0 Å². The number of nitrogens with one attached hydrogen (secondary N) is 1. The summed E-state index contributed by atoms with van der Waals surface area (Å²) in [6.07, 6.45) is 0.944. The van der Waals surface area contributed by atoms with Gasteiger partial charge in [0.25, 0.3) is 0 Å². The third-order valence-corrected chi connectivity index (χ3v) is 2.69. The summed E-state index contributed by atoms with van der Waals surface area (Å²) < 4.78 is 5.43. The van der Waals surface area contributed by atoms with Gasteiger partial charge in [0.05, 0.1) is 6.10 Å². The van der Waals surface area contributed by atoms with E-state index in [-0.39, 0.29) is 17.4 Å². The summed E-state index contributed by atoms with van der Waals surface area (Å²) >= 11 is 5.88. The number of hydrogen-bond acceptors (Lipinski definition) is 5. The number of rotatable bonds is 5. The van der Waals surface area contributed by atoms with Gasteiger partial charge in [-0.3, -0.25) is 0 Å². The largest absolute Gasteiger partial charge is 0.461 e. The van der Waals surface area contributed by atoms with Crippen molar-refractivity contribution in [3.63, 3.8) is 0 Å². The van der Waals surface area contributed by atoms with Gasteiger partial charge in [0.15, 0.2) is 0 Å². The van der Waals surface area contributed by atoms with E-state index in [2.05, 4.69) is 33.3 Å². The van der Waals surface area contributed by atoms with Crippen LogP contribution < -0.4 is 10.1 Å². The molecule has 0 saturated heterocycles. The van der Waals surface area contributed by atoms with E-state index in [1.165, 1.54) is 5.56 Å². The predicted molar refractivity (Wildman–Crippen MR) is 79.7 cm³/mol. The van der Waals surface area contributed by atoms with Crippen LogP contribution in [-0.4, -0.2) is 21.1 Å². The van der Waals surface area contributed by atoms with E-state index < -0.39 is 0 Å². The van der Waals surface area contributed by atoms with Crippen molar-refractivity contribution in [3.8, 4) is 6.01 Å². The van der Waals surface area contributed by atoms with Crippen LogP contribution in [0.5, 0.6) is 6.01 Å². The number of hydrogen-bond donors (Lipinski definition) is 1. The van der Waals surface area contributed by atoms with E-state index in [1.807, 2.05) is 32.0 Å². The lowest BCUT2D eigenvalue weighted by molar-refractivity contribution is 0.222. The molecular formula is C14H17ClN4O. The highest BCUT2D eigenvalue weighted by molar-refractivity contribution is 6.28. The Bertz CT molecular complexity index is 589. The molecule has 2 rings (SSSR count). The average Bonchev–Trinajstić information content (AvgIpc) is 2.37. The van der Waals surface area contributed by atoms with Crippen molar-refractivity contribution >= 4 is 23.2 Å². The van der Waals surface area contributed by atoms with Gasteiger partial charge in [-0.15, -0.1) is 0 Å². The fourth-order valence-corrected chi connectivity index (χ4v) is 1.80. The van der Waals surface area contributed by atoms with Crippen LogP contribution in [0.2, 0.25) is 5.28 Å². The Morgan fingerprint density at radius 3 is 2.75 bits per heavy atom. The molecule has 0 saturated carbocycles. The van der Waals surface area contributed by atoms with E-state index in [9.17, 15) is 0 Å². The normalized spacial score (nSPS) is 10.7. The Morgan fingerprint density at radius 1 is 1.25 bits per heavy atom. The van der Waals surface area contributed by atoms with Crippen molar-refractivity contribution in [2.75, 3.05) is 5.32 Å². The zero-order valence-corrected chi connectivity index (χ0v) is 12.5. The molecule has 20 heavy (non-hydrogen) atoms. The molecule has 0 aliphatic heterocycles. The molecule has 1 N–H and O–H groups in total. The van der Waals surface area contributed by atoms with Crippen LogP contribution in [0, 0.1) is 0 Å². The first-order valence-electron chi connectivity index (χ1n) is 6.51. The molecule has 2 aromatic rings. The van der Waals surface area contributed by atoms with E-state index in [0.717, 1.165) is 12.1 Å². The quantitative estimate of drug-likeness (QED) is 0.912. The maximum Gasteiger partial charge on any atom is 0.322 e. The molecule has 106 valence electrons. The zero-order chi connectivity index (χ0) is 14.5. The first kappa shape index (κ1) is 14.5. The lowest BCUT2D eigenvalue weighted by Crippen LogP contribution is -2.10. The van der Waals surface area contributed by atoms with Crippen molar-refractivity contribution in [2.45, 2.75) is 33.3 Å². The molecule has 1 heterocycles. The van der Waals surface area contributed by atoms with Crippen molar-refractivity contribution in [3.05, 3.63) is 35.1 Å². The fourth-order valence-electron chi connectivity index (χ4n) is 1.65. The Morgan fingerprint density at radius 2 is 2.05 bits per heavy atom. The minimum atomic E-state index is -0.0234. The third-order valence-electron chi connectivity index (χ3n) is 2.52. The van der Waals surface area contributed by atoms with Crippen LogP contribution >= 0.6 is 11.6 Å². The molecule has 1 aromatic heterocycles. The Hall–Kier alpha value is -1.88. The van der Waals surface area contributed by atoms with E-state index >= 15 is 0 Å². The molecule has 1 aromatic carbocycles. The van der Waals surface area contributed by atoms with Crippen LogP contribution in [0.15, 0.2) is 24.3 Å². The number of aromatic nitrogens is 3. The second-order valence-electron chi connectivity index (χ2n) is 4.56. The molecule has 0 atom stereocenters. The van der Waals surface area contributed by atoms with Crippen LogP contribution in [0.3, 0.4) is 0 Å². The minimum absolute atomic E-state index is 0.0234. The monoisotopic (exact) mass is 292 g/mol. The number of ether oxygens (including phenoxy) is 1. The van der Waals surface area contributed by atoms with E-state index in [1.54, 1.807) is 0 Å². The molecule has 0 radical (unpaired) electrons. The Labute approximate surface area is 123 Å². The van der Waals surface area contributed by atoms with Crippen LogP contribution in [0.25, 0.3) is 0 Å². The molecule has 0 amide bonds. The van der Waals surface area contributed by atoms with Gasteiger partial charge >= 0.3 is 6.01 Å². The minimum Gasteiger partial charge on any atom is -0.461 e. The fraction of sp³-hybridized carbons (Fsp3) is 0.357. The molecule has 0 aliphatic rings. The summed E-state index contributed by atoms with van der Waals surface area (Å²) in [4.78, 5) is 12.2. The molecule has 5 nitrogen and oxygen atoms in total. The van der Waals surface area contributed by atoms with Crippen LogP contribution in [0.1, 0.15) is 26.3 Å². The molecule has 6 heteroatoms. The van der Waals surface area contributed by atoms with Crippen molar-refractivity contribution in [2.24, 2.45) is 0 Å². The second-order valence-corrected chi connectivity index (χ2v) is 4.89. The van der Waals surface area contributed by atoms with Crippen molar-refractivity contribution < 1.29 is 4.74 Å². The Balaban J connectivity index is 2.21. The maximum atomic E-state index is 5.88. The summed E-state index contributed by atoms with van der Waals surface area (Å²) in [5.74, 6) is 0.369. The van der Waals surface area contributed by atoms with E-state index in [0.29, 0.717) is 5.95 Å². The van der Waals surface area contributed by atoms with Gasteiger partial charge in [0.1, 0.15) is 0 Å². The lowest BCUT2D eigenvalue weighted by Gasteiger charge is -2.10. The average molecular weight is 293 g/mol. The van der Waals surface area contributed by atoms with Gasteiger partial charge < -0.3 is 10.1 Å². The summed E-state index contributed by atoms with van der Waals surface area (Å²) in [6, 6.07) is 8.25. The lowest BCUT2D eigenvalue weighted by atomic mass is 10.1. The van der Waals surface area contributed by atoms with E-state index in [4.69, 9.17) is 16.3 Å². The highest BCUT2D eigenvalue weighted by Gasteiger charge is 2.08. The van der Waals surface area contributed by atoms with Gasteiger partial charge in [-0.1, -0.05) is 19.1 Å². The van der Waals surface area contributed by atoms with Gasteiger partial charge in [0, 0.05) is 5.69 Å². The van der Waals surface area contributed by atoms with Crippen LogP contribution in [-0.2, 0) is 6.42 Å². The molecule has 0 spiro atoms. The molecule has 0 fully saturated rings. The zero-order valence-electron chi connectivity index (χ0n) is 11.7. The van der Waals surface area contributed by atoms with Crippen molar-refractivity contribution in [1.29, 1.82) is 0 Å². The highest BCUT2D eigenvalue weighted by atomic mass is 35.5. The predicted octanol–water partition coefficient (Wildman–Crippen LogP) is 3.62. The summed E-state index contributed by atoms with van der Waals surface area (Å²) in [5.41, 5.74) is 2.14. The molecule has 0 bridgehead atoms. The summed E-state index contributed by atoms with van der Waals surface area (Å²) in [7, 11) is 0. The second kappa shape index (κ2) is 6.52. The Kier molecular flexibility index (Phi) is 4.74. The third kappa shape index (κ3) is 4.06. The maximum absolute atomic E-state index is 5.88. The van der Waals surface area contributed by atoms with Gasteiger partial charge in [0.2, 0.25) is 11.2 Å². The molecular weight excluding hydrogens is 276 g/mol. The van der Waals surface area contributed by atoms with Gasteiger partial charge in [-0.25, -0.2) is 0 Å². The smallest absolute Gasteiger partial charge is 0.322 e. The first-order chi connectivity index (χ1) is 9.56. The standard InChI is InChI=1S/C14H17ClN4O/c1-4-10-6-5-7-11(8-10)16-13-17-12(15)18-14(19-13)20-9(2)3/h5-9H,4H2,1-3H3,(H,16,17,18,19). The highest BCUT2D eigenvalue weighted by Crippen LogP contribution is 2.18.